The van der Waals surface area contributed by atoms with Crippen molar-refractivity contribution >= 4 is 0 Å². The van der Waals surface area contributed by atoms with Crippen molar-refractivity contribution < 1.29 is 14.6 Å². The van der Waals surface area contributed by atoms with E-state index in [9.17, 15) is 5.21 Å². The van der Waals surface area contributed by atoms with E-state index >= 15 is 0 Å². The van der Waals surface area contributed by atoms with Crippen LogP contribution in [-0.4, -0.2) is 60.3 Å². The maximum atomic E-state index is 10.4. The second-order valence-corrected chi connectivity index (χ2v) is 4.31. The number of hydrogen-bond acceptors (Lipinski definition) is 4. The van der Waals surface area contributed by atoms with Crippen molar-refractivity contribution in [2.45, 2.75) is 18.9 Å². The van der Waals surface area contributed by atoms with E-state index in [1.165, 1.54) is 0 Å². The van der Waals surface area contributed by atoms with Crippen molar-refractivity contribution in [1.82, 2.24) is 5.01 Å². The van der Waals surface area contributed by atoms with Gasteiger partial charge < -0.3 is 4.74 Å². The van der Waals surface area contributed by atoms with E-state index in [4.69, 9.17) is 10.6 Å². The summed E-state index contributed by atoms with van der Waals surface area (Å²) in [4.78, 5) is 0. The SMILES string of the molecule is NN1CC[N+](O)(C2CCOCC2)CC1. The molecule has 0 aromatic carbocycles. The highest BCUT2D eigenvalue weighted by molar-refractivity contribution is 4.66. The Bertz CT molecular complexity index is 186. The number of nitrogens with zero attached hydrogens (tertiary/aromatic N) is 2. The first-order valence-electron chi connectivity index (χ1n) is 5.38. The van der Waals surface area contributed by atoms with Crippen molar-refractivity contribution in [2.75, 3.05) is 39.4 Å². The summed E-state index contributed by atoms with van der Waals surface area (Å²) in [5.74, 6) is 5.67. The Morgan fingerprint density at radius 2 is 1.79 bits per heavy atom. The van der Waals surface area contributed by atoms with Crippen LogP contribution in [0.15, 0.2) is 0 Å². The van der Waals surface area contributed by atoms with Gasteiger partial charge in [0, 0.05) is 12.8 Å². The Morgan fingerprint density at radius 3 is 2.36 bits per heavy atom. The number of rotatable bonds is 1. The molecular formula is C9H20N3O2+. The average Bonchev–Trinajstić information content (AvgIpc) is 2.24. The van der Waals surface area contributed by atoms with Gasteiger partial charge in [-0.1, -0.05) is 0 Å². The highest BCUT2D eigenvalue weighted by Crippen LogP contribution is 2.22. The quantitative estimate of drug-likeness (QED) is 0.447. The van der Waals surface area contributed by atoms with E-state index in [1.54, 1.807) is 5.01 Å². The van der Waals surface area contributed by atoms with Crippen LogP contribution in [0.25, 0.3) is 0 Å². The second kappa shape index (κ2) is 4.12. The van der Waals surface area contributed by atoms with Crippen molar-refractivity contribution in [3.63, 3.8) is 0 Å². The first kappa shape index (κ1) is 10.3. The van der Waals surface area contributed by atoms with Gasteiger partial charge in [-0.3, -0.25) is 5.84 Å². The molecular weight excluding hydrogens is 182 g/mol. The maximum Gasteiger partial charge on any atom is 0.123 e. The summed E-state index contributed by atoms with van der Waals surface area (Å²) < 4.78 is 5.51. The van der Waals surface area contributed by atoms with Crippen LogP contribution in [0.1, 0.15) is 12.8 Å². The molecule has 5 heteroatoms. The fourth-order valence-electron chi connectivity index (χ4n) is 2.36. The normalized spacial score (nSPS) is 30.4. The largest absolute Gasteiger partial charge is 0.381 e. The summed E-state index contributed by atoms with van der Waals surface area (Å²) in [7, 11) is 0. The van der Waals surface area contributed by atoms with E-state index in [0.29, 0.717) is 6.04 Å². The zero-order valence-corrected chi connectivity index (χ0v) is 8.56. The van der Waals surface area contributed by atoms with Gasteiger partial charge in [-0.15, -0.1) is 0 Å². The number of quaternary nitrogens is 1. The first-order chi connectivity index (χ1) is 6.71. The van der Waals surface area contributed by atoms with Crippen LogP contribution in [0, 0.1) is 0 Å². The number of hydroxylamine groups is 3. The fourth-order valence-corrected chi connectivity index (χ4v) is 2.36. The molecule has 14 heavy (non-hydrogen) atoms. The van der Waals surface area contributed by atoms with Gasteiger partial charge in [-0.25, -0.2) is 10.2 Å². The third-order valence-corrected chi connectivity index (χ3v) is 3.42. The summed E-state index contributed by atoms with van der Waals surface area (Å²) in [6, 6.07) is 0.359. The monoisotopic (exact) mass is 202 g/mol. The lowest BCUT2D eigenvalue weighted by Crippen LogP contribution is -2.64. The van der Waals surface area contributed by atoms with E-state index in [-0.39, 0.29) is 4.65 Å². The Kier molecular flexibility index (Phi) is 3.04. The zero-order valence-electron chi connectivity index (χ0n) is 8.56. The van der Waals surface area contributed by atoms with Crippen LogP contribution in [0.5, 0.6) is 0 Å². The van der Waals surface area contributed by atoms with Gasteiger partial charge >= 0.3 is 0 Å². The van der Waals surface area contributed by atoms with Crippen molar-refractivity contribution in [1.29, 1.82) is 0 Å². The van der Waals surface area contributed by atoms with Gasteiger partial charge in [-0.2, -0.15) is 4.65 Å². The minimum Gasteiger partial charge on any atom is -0.381 e. The Balaban J connectivity index is 1.93. The number of nitrogens with two attached hydrogens (primary N) is 1. The molecule has 3 N–H and O–H groups in total. The molecule has 2 heterocycles. The highest BCUT2D eigenvalue weighted by atomic mass is 16.6. The lowest BCUT2D eigenvalue weighted by atomic mass is 10.1. The van der Waals surface area contributed by atoms with Crippen molar-refractivity contribution in [3.8, 4) is 0 Å². The summed E-state index contributed by atoms with van der Waals surface area (Å²) >= 11 is 0. The highest BCUT2D eigenvalue weighted by Gasteiger charge is 2.39. The van der Waals surface area contributed by atoms with Crippen LogP contribution in [0.3, 0.4) is 0 Å². The van der Waals surface area contributed by atoms with Crippen LogP contribution in [0.2, 0.25) is 0 Å². The molecule has 0 aromatic heterocycles. The van der Waals surface area contributed by atoms with Gasteiger partial charge in [0.25, 0.3) is 0 Å². The molecule has 2 aliphatic rings. The third kappa shape index (κ3) is 2.07. The Labute approximate surface area is 84.5 Å². The van der Waals surface area contributed by atoms with Gasteiger partial charge in [-0.05, 0) is 0 Å². The molecule has 0 radical (unpaired) electrons. The van der Waals surface area contributed by atoms with Crippen LogP contribution < -0.4 is 5.84 Å². The standard InChI is InChI=1S/C9H20N3O2/c10-11-3-5-12(13,6-4-11)9-1-7-14-8-2-9/h9,13H,1-8,10H2/q+1. The van der Waals surface area contributed by atoms with Crippen LogP contribution in [0.4, 0.5) is 0 Å². The van der Waals surface area contributed by atoms with Crippen molar-refractivity contribution in [3.05, 3.63) is 0 Å². The zero-order chi connectivity index (χ0) is 10.0. The summed E-state index contributed by atoms with van der Waals surface area (Å²) in [6.45, 7) is 4.65. The smallest absolute Gasteiger partial charge is 0.123 e. The molecule has 0 spiro atoms. The molecule has 0 amide bonds. The minimum absolute atomic E-state index is 0.205. The third-order valence-electron chi connectivity index (χ3n) is 3.42. The second-order valence-electron chi connectivity index (χ2n) is 4.31. The summed E-state index contributed by atoms with van der Waals surface area (Å²) in [6.07, 6.45) is 1.95. The molecule has 2 saturated heterocycles. The topological polar surface area (TPSA) is 58.7 Å². The molecule has 0 aliphatic carbocycles. The summed E-state index contributed by atoms with van der Waals surface area (Å²) in [5, 5.41) is 12.2. The number of hydrogen-bond donors (Lipinski definition) is 2. The molecule has 0 atom stereocenters. The Hall–Kier alpha value is -0.200. The van der Waals surface area contributed by atoms with Gasteiger partial charge in [0.2, 0.25) is 0 Å². The first-order valence-corrected chi connectivity index (χ1v) is 5.38. The fraction of sp³-hybridized carbons (Fsp3) is 1.00. The van der Waals surface area contributed by atoms with Crippen molar-refractivity contribution in [2.24, 2.45) is 5.84 Å². The summed E-state index contributed by atoms with van der Waals surface area (Å²) in [5.41, 5.74) is 0. The van der Waals surface area contributed by atoms with E-state index in [1.807, 2.05) is 0 Å². The lowest BCUT2D eigenvalue weighted by molar-refractivity contribution is -1.12. The number of hydrazine groups is 1. The molecule has 82 valence electrons. The molecule has 2 aliphatic heterocycles. The van der Waals surface area contributed by atoms with E-state index in [2.05, 4.69) is 0 Å². The van der Waals surface area contributed by atoms with E-state index < -0.39 is 0 Å². The lowest BCUT2D eigenvalue weighted by Gasteiger charge is -2.43. The molecule has 5 nitrogen and oxygen atoms in total. The predicted molar refractivity (Wildman–Crippen MR) is 51.4 cm³/mol. The predicted octanol–water partition coefficient (Wildman–Crippen LogP) is -0.439. The minimum atomic E-state index is 0.205. The van der Waals surface area contributed by atoms with E-state index in [0.717, 1.165) is 52.2 Å². The molecule has 0 unspecified atom stereocenters. The molecule has 2 rings (SSSR count). The molecule has 0 saturated carbocycles. The molecule has 0 aromatic rings. The van der Waals surface area contributed by atoms with Gasteiger partial charge in [0.05, 0.1) is 26.3 Å². The number of piperazine rings is 1. The maximum absolute atomic E-state index is 10.4. The molecule has 2 fully saturated rings. The van der Waals surface area contributed by atoms with Crippen LogP contribution in [-0.2, 0) is 4.74 Å². The number of ether oxygens (including phenoxy) is 1. The molecule has 0 bridgehead atoms. The Morgan fingerprint density at radius 1 is 1.21 bits per heavy atom. The van der Waals surface area contributed by atoms with Gasteiger partial charge in [0.1, 0.15) is 19.1 Å². The van der Waals surface area contributed by atoms with Crippen LogP contribution >= 0.6 is 0 Å². The van der Waals surface area contributed by atoms with Gasteiger partial charge in [0.15, 0.2) is 0 Å². The average molecular weight is 202 g/mol.